The Labute approximate surface area is 191 Å². The number of ether oxygens (including phenoxy) is 1. The highest BCUT2D eigenvalue weighted by atomic mass is 16.5. The van der Waals surface area contributed by atoms with Gasteiger partial charge in [0.05, 0.1) is 29.9 Å². The van der Waals surface area contributed by atoms with Crippen LogP contribution in [0.3, 0.4) is 0 Å². The Kier molecular flexibility index (Phi) is 4.56. The molecular weight excluding hydrogens is 426 g/mol. The molecule has 4 amide bonds. The van der Waals surface area contributed by atoms with Crippen LogP contribution in [0.1, 0.15) is 64.8 Å². The van der Waals surface area contributed by atoms with Crippen LogP contribution in [0.15, 0.2) is 18.2 Å². The molecule has 4 fully saturated rings. The van der Waals surface area contributed by atoms with Crippen molar-refractivity contribution >= 4 is 23.6 Å². The lowest BCUT2D eigenvalue weighted by Crippen LogP contribution is -2.61. The van der Waals surface area contributed by atoms with Gasteiger partial charge in [0.15, 0.2) is 0 Å². The molecule has 1 spiro atoms. The van der Waals surface area contributed by atoms with Gasteiger partial charge in [-0.25, -0.2) is 0 Å². The molecule has 9 heteroatoms. The lowest BCUT2D eigenvalue weighted by molar-refractivity contribution is -0.190. The molecular formula is C24H27N3O6. The number of rotatable bonds is 3. The second-order valence-electron chi connectivity index (χ2n) is 10.3. The molecule has 9 nitrogen and oxygen atoms in total. The van der Waals surface area contributed by atoms with Gasteiger partial charge in [0.1, 0.15) is 6.04 Å². The molecule has 5 aliphatic rings. The number of carbonyl (C=O) groups excluding carboxylic acids is 4. The van der Waals surface area contributed by atoms with Crippen LogP contribution >= 0.6 is 0 Å². The van der Waals surface area contributed by atoms with Gasteiger partial charge in [-0.15, -0.1) is 0 Å². The summed E-state index contributed by atoms with van der Waals surface area (Å²) in [5.41, 5.74) is 0.419. The molecule has 1 unspecified atom stereocenters. The van der Waals surface area contributed by atoms with Crippen LogP contribution in [-0.4, -0.2) is 76.9 Å². The molecule has 0 radical (unpaired) electrons. The number of piperidine rings is 2. The average molecular weight is 453 g/mol. The summed E-state index contributed by atoms with van der Waals surface area (Å²) in [7, 11) is 0. The van der Waals surface area contributed by atoms with Gasteiger partial charge in [-0.3, -0.25) is 29.4 Å². The number of hydrogen-bond donors (Lipinski definition) is 2. The molecule has 1 aliphatic carbocycles. The van der Waals surface area contributed by atoms with Crippen molar-refractivity contribution in [2.45, 2.75) is 56.2 Å². The van der Waals surface area contributed by atoms with Crippen LogP contribution in [0.25, 0.3) is 0 Å². The molecule has 4 heterocycles. The standard InChI is InChI=1S/C24H27N3O6/c28-19-4-3-18(20(29)25-19)27-21(30)16-2-1-14(9-17(16)22(27)31)24(32)5-7-26(8-6-24)15-10-23(11-15)12-33-13-23/h1-2,9,15,18,32H,3-8,10-13H2,(H,25,28,29). The molecule has 3 saturated heterocycles. The number of imide groups is 2. The molecule has 0 bridgehead atoms. The first-order valence-corrected chi connectivity index (χ1v) is 11.7. The zero-order valence-corrected chi connectivity index (χ0v) is 18.3. The highest BCUT2D eigenvalue weighted by molar-refractivity contribution is 6.23. The molecule has 2 N–H and O–H groups in total. The van der Waals surface area contributed by atoms with Crippen molar-refractivity contribution in [2.24, 2.45) is 5.41 Å². The Bertz CT molecular complexity index is 1060. The predicted molar refractivity (Wildman–Crippen MR) is 114 cm³/mol. The van der Waals surface area contributed by atoms with Gasteiger partial charge in [-0.2, -0.15) is 0 Å². The van der Waals surface area contributed by atoms with E-state index < -0.39 is 35.3 Å². The van der Waals surface area contributed by atoms with E-state index >= 15 is 0 Å². The highest BCUT2D eigenvalue weighted by Gasteiger charge is 2.52. The maximum Gasteiger partial charge on any atom is 0.262 e. The van der Waals surface area contributed by atoms with E-state index in [1.165, 1.54) is 0 Å². The van der Waals surface area contributed by atoms with Crippen LogP contribution in [-0.2, 0) is 19.9 Å². The maximum atomic E-state index is 13.1. The van der Waals surface area contributed by atoms with Crippen molar-refractivity contribution in [3.05, 3.63) is 34.9 Å². The SMILES string of the molecule is O=C1CCC(N2C(=O)c3ccc(C4(O)CCN(C5CC6(COC6)C5)CC4)cc3C2=O)C(=O)N1. The number of nitrogens with one attached hydrogen (secondary N) is 1. The summed E-state index contributed by atoms with van der Waals surface area (Å²) in [6.07, 6.45) is 3.65. The van der Waals surface area contributed by atoms with Crippen LogP contribution < -0.4 is 5.32 Å². The van der Waals surface area contributed by atoms with E-state index in [4.69, 9.17) is 4.74 Å². The minimum Gasteiger partial charge on any atom is -0.385 e. The van der Waals surface area contributed by atoms with Crippen LogP contribution in [0.5, 0.6) is 0 Å². The summed E-state index contributed by atoms with van der Waals surface area (Å²) in [6, 6.07) is 4.48. The zero-order valence-electron chi connectivity index (χ0n) is 18.3. The third-order valence-electron chi connectivity index (χ3n) is 8.27. The van der Waals surface area contributed by atoms with Crippen LogP contribution in [0.2, 0.25) is 0 Å². The van der Waals surface area contributed by atoms with Crippen molar-refractivity contribution in [3.63, 3.8) is 0 Å². The summed E-state index contributed by atoms with van der Waals surface area (Å²) in [5, 5.41) is 13.6. The summed E-state index contributed by atoms with van der Waals surface area (Å²) in [6.45, 7) is 3.31. The lowest BCUT2D eigenvalue weighted by atomic mass is 9.63. The van der Waals surface area contributed by atoms with Crippen molar-refractivity contribution in [3.8, 4) is 0 Å². The van der Waals surface area contributed by atoms with E-state index in [-0.39, 0.29) is 24.0 Å². The zero-order chi connectivity index (χ0) is 23.0. The third-order valence-corrected chi connectivity index (χ3v) is 8.27. The Morgan fingerprint density at radius 3 is 2.33 bits per heavy atom. The first-order chi connectivity index (χ1) is 15.8. The number of nitrogens with zero attached hydrogens (tertiary/aromatic N) is 2. The smallest absolute Gasteiger partial charge is 0.262 e. The number of hydrogen-bond acceptors (Lipinski definition) is 7. The number of amides is 4. The van der Waals surface area contributed by atoms with Gasteiger partial charge in [0.25, 0.3) is 11.8 Å². The second kappa shape index (κ2) is 7.19. The third kappa shape index (κ3) is 3.17. The summed E-state index contributed by atoms with van der Waals surface area (Å²) in [5.74, 6) is -2.10. The van der Waals surface area contributed by atoms with Gasteiger partial charge in [-0.05, 0) is 49.8 Å². The summed E-state index contributed by atoms with van der Waals surface area (Å²) >= 11 is 0. The van der Waals surface area contributed by atoms with Crippen LogP contribution in [0, 0.1) is 5.41 Å². The normalized spacial score (nSPS) is 29.0. The first-order valence-electron chi connectivity index (χ1n) is 11.7. The highest BCUT2D eigenvalue weighted by Crippen LogP contribution is 2.50. The van der Waals surface area contributed by atoms with Gasteiger partial charge in [-0.1, -0.05) is 6.07 Å². The minimum absolute atomic E-state index is 0.0838. The Morgan fingerprint density at radius 1 is 1.00 bits per heavy atom. The Morgan fingerprint density at radius 2 is 1.70 bits per heavy atom. The largest absolute Gasteiger partial charge is 0.385 e. The molecule has 4 aliphatic heterocycles. The molecule has 1 saturated carbocycles. The molecule has 1 aromatic carbocycles. The Balaban J connectivity index is 1.17. The number of benzene rings is 1. The van der Waals surface area contributed by atoms with E-state index in [1.54, 1.807) is 18.2 Å². The van der Waals surface area contributed by atoms with E-state index in [0.717, 1.165) is 44.0 Å². The quantitative estimate of drug-likeness (QED) is 0.642. The van der Waals surface area contributed by atoms with Gasteiger partial charge in [0, 0.05) is 31.0 Å². The fraction of sp³-hybridized carbons (Fsp3) is 0.583. The first kappa shape index (κ1) is 20.9. The van der Waals surface area contributed by atoms with Crippen molar-refractivity contribution < 1.29 is 29.0 Å². The topological polar surface area (TPSA) is 116 Å². The monoisotopic (exact) mass is 453 g/mol. The van der Waals surface area contributed by atoms with Crippen molar-refractivity contribution in [1.82, 2.24) is 15.1 Å². The maximum absolute atomic E-state index is 13.1. The van der Waals surface area contributed by atoms with Crippen molar-refractivity contribution in [2.75, 3.05) is 26.3 Å². The molecule has 1 atom stereocenters. The molecule has 1 aromatic rings. The molecule has 174 valence electrons. The lowest BCUT2D eigenvalue weighted by Gasteiger charge is -2.57. The minimum atomic E-state index is -1.06. The van der Waals surface area contributed by atoms with Gasteiger partial charge >= 0.3 is 0 Å². The number of aliphatic hydroxyl groups is 1. The molecule has 33 heavy (non-hydrogen) atoms. The summed E-state index contributed by atoms with van der Waals surface area (Å²) < 4.78 is 5.37. The van der Waals surface area contributed by atoms with Gasteiger partial charge in [0.2, 0.25) is 11.8 Å². The van der Waals surface area contributed by atoms with E-state index in [1.807, 2.05) is 0 Å². The van der Waals surface area contributed by atoms with Crippen molar-refractivity contribution in [1.29, 1.82) is 0 Å². The van der Waals surface area contributed by atoms with E-state index in [0.29, 0.717) is 29.9 Å². The fourth-order valence-electron chi connectivity index (χ4n) is 6.13. The van der Waals surface area contributed by atoms with E-state index in [2.05, 4.69) is 10.2 Å². The number of likely N-dealkylation sites (tertiary alicyclic amines) is 1. The Hall–Kier alpha value is -2.62. The van der Waals surface area contributed by atoms with Gasteiger partial charge < -0.3 is 14.7 Å². The average Bonchev–Trinajstić information content (AvgIpc) is 2.98. The number of carbonyl (C=O) groups is 4. The van der Waals surface area contributed by atoms with E-state index in [9.17, 15) is 24.3 Å². The molecule has 6 rings (SSSR count). The fourth-order valence-corrected chi connectivity index (χ4v) is 6.13. The predicted octanol–water partition coefficient (Wildman–Crippen LogP) is 0.550. The number of fused-ring (bicyclic) bond motifs is 1. The van der Waals surface area contributed by atoms with Crippen LogP contribution in [0.4, 0.5) is 0 Å². The second-order valence-corrected chi connectivity index (χ2v) is 10.3. The molecule has 0 aromatic heterocycles. The summed E-state index contributed by atoms with van der Waals surface area (Å²) in [4.78, 5) is 53.1.